The Morgan fingerprint density at radius 2 is 1.62 bits per heavy atom. The number of methoxy groups -OCH3 is 3. The molecule has 1 aliphatic rings. The Hall–Kier alpha value is -6.62. The van der Waals surface area contributed by atoms with Crippen molar-refractivity contribution in [3.63, 3.8) is 0 Å². The highest BCUT2D eigenvalue weighted by Gasteiger charge is 2.41. The maximum absolute atomic E-state index is 17.5. The third-order valence-corrected chi connectivity index (χ3v) is 10.4. The predicted molar refractivity (Wildman–Crippen MR) is 217 cm³/mol. The maximum atomic E-state index is 17.5. The van der Waals surface area contributed by atoms with Gasteiger partial charge in [-0.05, 0) is 66.9 Å². The zero-order valence-electron chi connectivity index (χ0n) is 32.9. The first kappa shape index (κ1) is 41.5. The van der Waals surface area contributed by atoms with Gasteiger partial charge >= 0.3 is 18.3 Å². The number of ether oxygens (including phenoxy) is 4. The number of aromatic nitrogens is 4. The fraction of sp³-hybridized carbons (Fsp3) is 0.262. The van der Waals surface area contributed by atoms with E-state index < -0.39 is 51.5 Å². The van der Waals surface area contributed by atoms with Crippen LogP contribution in [0.1, 0.15) is 40.8 Å². The highest BCUT2D eigenvalue weighted by Crippen LogP contribution is 2.51. The summed E-state index contributed by atoms with van der Waals surface area (Å²) in [7, 11) is 4.34. The molecule has 13 nitrogen and oxygen atoms in total. The second-order valence-corrected chi connectivity index (χ2v) is 14.1. The molecule has 7 rings (SSSR count). The Bertz CT molecular complexity index is 2510. The van der Waals surface area contributed by atoms with Gasteiger partial charge in [-0.25, -0.2) is 19.2 Å². The van der Waals surface area contributed by atoms with Crippen molar-refractivity contribution in [3.8, 4) is 34.5 Å². The molecule has 60 heavy (non-hydrogen) atoms. The van der Waals surface area contributed by atoms with Crippen LogP contribution in [-0.2, 0) is 19.3 Å². The second kappa shape index (κ2) is 16.9. The van der Waals surface area contributed by atoms with Gasteiger partial charge in [0.2, 0.25) is 0 Å². The molecule has 1 aliphatic heterocycles. The van der Waals surface area contributed by atoms with Crippen LogP contribution in [0.5, 0.6) is 23.3 Å². The van der Waals surface area contributed by atoms with Crippen molar-refractivity contribution in [2.24, 2.45) is 0 Å². The van der Waals surface area contributed by atoms with Gasteiger partial charge < -0.3 is 33.9 Å². The lowest BCUT2D eigenvalue weighted by Crippen LogP contribution is -2.31. The van der Waals surface area contributed by atoms with E-state index in [0.29, 0.717) is 17.1 Å². The average Bonchev–Trinajstić information content (AvgIpc) is 3.42. The van der Waals surface area contributed by atoms with Gasteiger partial charge in [0.15, 0.2) is 11.6 Å². The lowest BCUT2D eigenvalue weighted by Gasteiger charge is -2.30. The van der Waals surface area contributed by atoms with Gasteiger partial charge in [-0.3, -0.25) is 5.32 Å². The zero-order chi connectivity index (χ0) is 42.9. The molecule has 0 unspecified atom stereocenters. The minimum atomic E-state index is -5.01. The number of carboxylic acid groups (broad SMARTS) is 1. The topological polar surface area (TPSA) is 144 Å². The predicted octanol–water partition coefficient (Wildman–Crippen LogP) is 9.49. The van der Waals surface area contributed by atoms with Crippen molar-refractivity contribution >= 4 is 46.1 Å². The minimum absolute atomic E-state index is 0.0369. The van der Waals surface area contributed by atoms with Crippen LogP contribution in [0.4, 0.5) is 39.8 Å². The number of pyridine rings is 2. The molecule has 0 radical (unpaired) electrons. The van der Waals surface area contributed by atoms with Crippen LogP contribution in [0.15, 0.2) is 72.9 Å². The minimum Gasteiger partial charge on any atom is -0.497 e. The number of anilines is 3. The quantitative estimate of drug-likeness (QED) is 0.113. The summed E-state index contributed by atoms with van der Waals surface area (Å²) in [5.74, 6) is 0.0761. The molecule has 6 aromatic rings. The van der Waals surface area contributed by atoms with Crippen molar-refractivity contribution in [1.29, 1.82) is 0 Å². The summed E-state index contributed by atoms with van der Waals surface area (Å²) < 4.78 is 85.3. The number of hydrogen-bond acceptors (Lipinski definition) is 11. The molecule has 1 atom stereocenters. The van der Waals surface area contributed by atoms with E-state index in [4.69, 9.17) is 30.5 Å². The van der Waals surface area contributed by atoms with Crippen LogP contribution in [0.2, 0.25) is 5.02 Å². The molecule has 3 aromatic carbocycles. The van der Waals surface area contributed by atoms with Gasteiger partial charge in [0.25, 0.3) is 0 Å². The van der Waals surface area contributed by atoms with E-state index in [1.807, 2.05) is 24.3 Å². The number of hydrogen-bond donors (Lipinski definition) is 2. The van der Waals surface area contributed by atoms with Crippen molar-refractivity contribution in [2.75, 3.05) is 49.6 Å². The van der Waals surface area contributed by atoms with E-state index in [1.165, 1.54) is 26.3 Å². The molecule has 312 valence electrons. The molecule has 1 amide bonds. The summed E-state index contributed by atoms with van der Waals surface area (Å²) >= 11 is 7.03. The fourth-order valence-electron chi connectivity index (χ4n) is 7.21. The van der Waals surface area contributed by atoms with Crippen LogP contribution in [0.25, 0.3) is 22.2 Å². The molecule has 0 aliphatic carbocycles. The standard InChI is InChI=1S/C42H38ClF4N7O6/c1-22-19-29(53(20-24-8-12-26(57-3)13-9-24)21-25-10-14-27(58-4)15-11-25)49-35(32(22)42(45,46)47)30-33(43)37-31-36(34(30)44)50-40(59-5)52-39(31)54(17-18-60-37)23(2)28-7-6-16-48-38(28)51-41(55)56/h6-16,19,23H,17-18,20-21H2,1-5H3,(H,48,51)(H,55,56)/t23-/m1/s1. The number of amides is 1. The van der Waals surface area contributed by atoms with Gasteiger partial charge in [0.1, 0.15) is 41.1 Å². The number of nitrogens with one attached hydrogen (secondary N) is 1. The van der Waals surface area contributed by atoms with Gasteiger partial charge in [-0.2, -0.15) is 23.1 Å². The van der Waals surface area contributed by atoms with Crippen molar-refractivity contribution < 1.29 is 46.4 Å². The third-order valence-electron chi connectivity index (χ3n) is 10.1. The Balaban J connectivity index is 1.44. The highest BCUT2D eigenvalue weighted by molar-refractivity contribution is 6.36. The van der Waals surface area contributed by atoms with Gasteiger partial charge in [0, 0.05) is 24.8 Å². The Labute approximate surface area is 346 Å². The van der Waals surface area contributed by atoms with Crippen molar-refractivity contribution in [2.45, 2.75) is 39.2 Å². The summed E-state index contributed by atoms with van der Waals surface area (Å²) in [6, 6.07) is 18.0. The van der Waals surface area contributed by atoms with Crippen LogP contribution in [-0.4, -0.2) is 65.6 Å². The van der Waals surface area contributed by atoms with Crippen LogP contribution < -0.4 is 34.1 Å². The summed E-state index contributed by atoms with van der Waals surface area (Å²) in [6.45, 7) is 3.41. The Morgan fingerprint density at radius 1 is 0.983 bits per heavy atom. The van der Waals surface area contributed by atoms with Gasteiger partial charge in [-0.1, -0.05) is 41.9 Å². The number of halogens is 5. The SMILES string of the molecule is COc1ccc(CN(Cc2ccc(OC)cc2)c2cc(C)c(C(F)(F)F)c(-c3c(Cl)c4c5c(nc(OC)nc5c3F)N([C@H](C)c3cccnc3NC(=O)O)CCO4)n2)cc1. The lowest BCUT2D eigenvalue weighted by molar-refractivity contribution is -0.137. The molecule has 4 heterocycles. The van der Waals surface area contributed by atoms with Crippen LogP contribution in [0.3, 0.4) is 0 Å². The monoisotopic (exact) mass is 847 g/mol. The van der Waals surface area contributed by atoms with E-state index in [0.717, 1.165) is 11.1 Å². The first-order valence-corrected chi connectivity index (χ1v) is 18.8. The fourth-order valence-corrected chi connectivity index (χ4v) is 7.53. The molecule has 2 N–H and O–H groups in total. The van der Waals surface area contributed by atoms with Crippen LogP contribution >= 0.6 is 11.6 Å². The van der Waals surface area contributed by atoms with Crippen molar-refractivity contribution in [3.05, 3.63) is 112 Å². The third kappa shape index (κ3) is 8.16. The Morgan fingerprint density at radius 3 is 2.18 bits per heavy atom. The smallest absolute Gasteiger partial charge is 0.418 e. The summed E-state index contributed by atoms with van der Waals surface area (Å²) in [4.78, 5) is 32.7. The van der Waals surface area contributed by atoms with Gasteiger partial charge in [-0.15, -0.1) is 0 Å². The average molecular weight is 848 g/mol. The summed E-state index contributed by atoms with van der Waals surface area (Å²) in [6.07, 6.45) is -4.93. The number of alkyl halides is 3. The molecule has 0 bridgehead atoms. The summed E-state index contributed by atoms with van der Waals surface area (Å²) in [5.41, 5.74) is -1.30. The first-order valence-electron chi connectivity index (χ1n) is 18.4. The second-order valence-electron chi connectivity index (χ2n) is 13.7. The molecule has 0 fully saturated rings. The van der Waals surface area contributed by atoms with Crippen LogP contribution in [0, 0.1) is 12.7 Å². The number of nitrogens with zero attached hydrogens (tertiary/aromatic N) is 6. The van der Waals surface area contributed by atoms with E-state index in [1.54, 1.807) is 67.3 Å². The number of carbonyl (C=O) groups is 1. The lowest BCUT2D eigenvalue weighted by atomic mass is 9.98. The van der Waals surface area contributed by atoms with Crippen molar-refractivity contribution in [1.82, 2.24) is 19.9 Å². The molecule has 18 heteroatoms. The molecule has 3 aromatic heterocycles. The first-order chi connectivity index (χ1) is 28.7. The van der Waals surface area contributed by atoms with E-state index in [9.17, 15) is 9.90 Å². The molecule has 0 spiro atoms. The normalized spacial score (nSPS) is 13.0. The largest absolute Gasteiger partial charge is 0.497 e. The zero-order valence-corrected chi connectivity index (χ0v) is 33.7. The number of aryl methyl sites for hydroxylation is 1. The molecule has 0 saturated carbocycles. The number of rotatable bonds is 12. The van der Waals surface area contributed by atoms with E-state index in [2.05, 4.69) is 25.3 Å². The van der Waals surface area contributed by atoms with E-state index >= 15 is 17.6 Å². The molecular weight excluding hydrogens is 810 g/mol. The van der Waals surface area contributed by atoms with E-state index in [-0.39, 0.29) is 66.4 Å². The molecule has 0 saturated heterocycles. The maximum Gasteiger partial charge on any atom is 0.418 e. The number of benzene rings is 3. The Kier molecular flexibility index (Phi) is 11.7. The molecular formula is C42H38ClF4N7O6. The summed E-state index contributed by atoms with van der Waals surface area (Å²) in [5, 5.41) is 11.2. The highest BCUT2D eigenvalue weighted by atomic mass is 35.5. The van der Waals surface area contributed by atoms with Gasteiger partial charge in [0.05, 0.1) is 61.1 Å².